The minimum Gasteiger partial charge on any atom is -0.461 e. The Balaban J connectivity index is 1.25. The number of aromatic nitrogens is 5. The van der Waals surface area contributed by atoms with E-state index in [-0.39, 0.29) is 55.2 Å². The Bertz CT molecular complexity index is 1820. The first-order chi connectivity index (χ1) is 23.3. The van der Waals surface area contributed by atoms with Gasteiger partial charge in [0.1, 0.15) is 18.2 Å². The lowest BCUT2D eigenvalue weighted by Crippen LogP contribution is -2.43. The number of rotatable bonds is 6. The number of anilines is 2. The van der Waals surface area contributed by atoms with Gasteiger partial charge in [0.25, 0.3) is 5.91 Å². The Morgan fingerprint density at radius 1 is 1.18 bits per heavy atom. The molecule has 0 aliphatic carbocycles. The van der Waals surface area contributed by atoms with Gasteiger partial charge in [-0.25, -0.2) is 14.1 Å². The number of carbonyl (C=O) groups excluding carboxylic acids is 1. The van der Waals surface area contributed by atoms with Crippen LogP contribution in [-0.2, 0) is 37.0 Å². The minimum absolute atomic E-state index is 0.0262. The van der Waals surface area contributed by atoms with Crippen molar-refractivity contribution in [3.63, 3.8) is 0 Å². The van der Waals surface area contributed by atoms with Gasteiger partial charge in [0, 0.05) is 51.4 Å². The summed E-state index contributed by atoms with van der Waals surface area (Å²) < 4.78 is 70.3. The molecule has 0 saturated carbocycles. The zero-order chi connectivity index (χ0) is 34.7. The van der Waals surface area contributed by atoms with Crippen LogP contribution in [0.25, 0.3) is 0 Å². The van der Waals surface area contributed by atoms with Crippen molar-refractivity contribution in [1.82, 2.24) is 34.5 Å². The number of hydrogen-bond acceptors (Lipinski definition) is 10. The van der Waals surface area contributed by atoms with Crippen LogP contribution in [0, 0.1) is 0 Å². The van der Waals surface area contributed by atoms with Crippen molar-refractivity contribution < 1.29 is 31.8 Å². The van der Waals surface area contributed by atoms with E-state index >= 15 is 0 Å². The molecule has 3 aromatic rings. The maximum Gasteiger partial charge on any atom is 0.418 e. The first-order valence-electron chi connectivity index (χ1n) is 16.1. The lowest BCUT2D eigenvalue weighted by atomic mass is 9.94. The summed E-state index contributed by atoms with van der Waals surface area (Å²) in [7, 11) is 3.26. The van der Waals surface area contributed by atoms with Crippen LogP contribution >= 0.6 is 11.6 Å². The molecule has 49 heavy (non-hydrogen) atoms. The van der Waals surface area contributed by atoms with Crippen LogP contribution in [0.1, 0.15) is 70.6 Å². The van der Waals surface area contributed by atoms with Gasteiger partial charge < -0.3 is 25.0 Å². The van der Waals surface area contributed by atoms with Gasteiger partial charge in [-0.1, -0.05) is 11.6 Å². The second-order valence-corrected chi connectivity index (χ2v) is 13.7. The number of carbonyl (C=O) groups is 1. The van der Waals surface area contributed by atoms with Crippen LogP contribution in [0.15, 0.2) is 24.0 Å². The molecule has 7 rings (SSSR count). The van der Waals surface area contributed by atoms with E-state index < -0.39 is 28.4 Å². The number of aryl methyl sites for hydroxylation is 1. The van der Waals surface area contributed by atoms with Gasteiger partial charge in [0.15, 0.2) is 0 Å². The molecular weight excluding hydrogens is 670 g/mol. The number of halogens is 5. The maximum atomic E-state index is 14.2. The monoisotopic (exact) mass is 705 g/mol. The summed E-state index contributed by atoms with van der Waals surface area (Å²) in [6.07, 6.45) is -2.20. The van der Waals surface area contributed by atoms with Crippen molar-refractivity contribution in [2.75, 3.05) is 51.0 Å². The summed E-state index contributed by atoms with van der Waals surface area (Å²) in [5.74, 6) is 0.822. The van der Waals surface area contributed by atoms with Gasteiger partial charge in [-0.15, -0.1) is 5.10 Å². The Hall–Kier alpha value is -4.02. The van der Waals surface area contributed by atoms with Crippen molar-refractivity contribution >= 4 is 29.0 Å². The van der Waals surface area contributed by atoms with Crippen molar-refractivity contribution in [1.29, 1.82) is 0 Å². The van der Waals surface area contributed by atoms with Crippen LogP contribution in [0.5, 0.6) is 6.01 Å². The molecule has 17 heteroatoms. The quantitative estimate of drug-likeness (QED) is 0.284. The van der Waals surface area contributed by atoms with Crippen LogP contribution in [0.2, 0.25) is 5.02 Å². The lowest BCUT2D eigenvalue weighted by Gasteiger charge is -2.33. The number of alkyl halides is 3. The van der Waals surface area contributed by atoms with E-state index in [1.165, 1.54) is 11.0 Å². The fourth-order valence-corrected chi connectivity index (χ4v) is 7.76. The highest BCUT2D eigenvalue weighted by atomic mass is 35.5. The molecule has 4 aliphatic heterocycles. The van der Waals surface area contributed by atoms with E-state index in [0.29, 0.717) is 67.3 Å². The highest BCUT2D eigenvalue weighted by Crippen LogP contribution is 2.45. The molecule has 1 amide bonds. The van der Waals surface area contributed by atoms with Crippen molar-refractivity contribution in [2.45, 2.75) is 69.6 Å². The predicted octanol–water partition coefficient (Wildman–Crippen LogP) is 4.72. The average molecular weight is 706 g/mol. The zero-order valence-electron chi connectivity index (χ0n) is 27.1. The third-order valence-corrected chi connectivity index (χ3v) is 10.0. The summed E-state index contributed by atoms with van der Waals surface area (Å²) in [6.45, 7) is 2.81. The number of amides is 1. The highest BCUT2D eigenvalue weighted by molar-refractivity contribution is 6.31. The number of nitrogens with zero attached hydrogens (tertiary/aromatic N) is 8. The molecule has 0 unspecified atom stereocenters. The Kier molecular flexibility index (Phi) is 8.68. The number of fused-ring (bicyclic) bond motifs is 3. The fraction of sp³-hybridized carbons (Fsp3) is 0.531. The summed E-state index contributed by atoms with van der Waals surface area (Å²) >= 11 is 6.08. The largest absolute Gasteiger partial charge is 0.461 e. The molecule has 6 heterocycles. The SMILES string of the molecule is CN(C)C(=O)c1nc2n(n1)CCCN(c1nc(OC[C@@]34CCCN3C/C(=C\F)C4)nc3c1CO[C@H](c1cc(N)cc(Cl)c1C(F)(F)F)C3)C2. The smallest absolute Gasteiger partial charge is 0.418 e. The van der Waals surface area contributed by atoms with Gasteiger partial charge in [-0.05, 0) is 55.5 Å². The van der Waals surface area contributed by atoms with Crippen LogP contribution in [0.4, 0.5) is 29.1 Å². The normalized spacial score (nSPS) is 23.3. The summed E-state index contributed by atoms with van der Waals surface area (Å²) in [5, 5.41) is 3.91. The van der Waals surface area contributed by atoms with Crippen molar-refractivity contribution in [2.24, 2.45) is 0 Å². The molecule has 4 aliphatic rings. The molecule has 12 nitrogen and oxygen atoms in total. The minimum atomic E-state index is -4.75. The second-order valence-electron chi connectivity index (χ2n) is 13.3. The highest BCUT2D eigenvalue weighted by Gasteiger charge is 2.47. The molecular formula is C32H36ClF4N9O3. The molecule has 2 aromatic heterocycles. The van der Waals surface area contributed by atoms with E-state index in [2.05, 4.69) is 15.0 Å². The van der Waals surface area contributed by atoms with Gasteiger partial charge >= 0.3 is 12.2 Å². The predicted molar refractivity (Wildman–Crippen MR) is 171 cm³/mol. The first kappa shape index (κ1) is 33.5. The standard InChI is InChI=1S/C32H36ClF4N9O3/c1-43(2)29(47)27-40-25-15-44(6-4-8-46(25)42-27)28-21-16-48-24(20-9-19(38)10-22(33)26(20)32(35,36)37)11-23(21)39-30(41-28)49-17-31-5-3-7-45(31)14-18(12-31)13-34/h9-10,13,24H,3-8,11-12,14-17,38H2,1-2H3/b18-13-/t24-,31-/m0/s1. The topological polar surface area (TPSA) is 128 Å². The van der Waals surface area contributed by atoms with Gasteiger partial charge in [-0.2, -0.15) is 23.1 Å². The molecule has 2 saturated heterocycles. The average Bonchev–Trinajstić information content (AvgIpc) is 3.69. The number of nitrogens with two attached hydrogens (primary N) is 1. The summed E-state index contributed by atoms with van der Waals surface area (Å²) in [4.78, 5) is 32.3. The van der Waals surface area contributed by atoms with Crippen LogP contribution in [-0.4, -0.2) is 86.3 Å². The summed E-state index contributed by atoms with van der Waals surface area (Å²) in [5.41, 5.74) is 6.23. The molecule has 2 N–H and O–H groups in total. The van der Waals surface area contributed by atoms with E-state index in [0.717, 1.165) is 25.5 Å². The molecule has 2 atom stereocenters. The van der Waals surface area contributed by atoms with Crippen molar-refractivity contribution in [3.05, 3.63) is 63.1 Å². The zero-order valence-corrected chi connectivity index (χ0v) is 27.8. The fourth-order valence-electron chi connectivity index (χ4n) is 7.41. The number of ether oxygens (including phenoxy) is 2. The van der Waals surface area contributed by atoms with E-state index in [4.69, 9.17) is 36.8 Å². The molecule has 2 fully saturated rings. The Morgan fingerprint density at radius 3 is 2.76 bits per heavy atom. The van der Waals surface area contributed by atoms with E-state index in [1.807, 2.05) is 4.90 Å². The van der Waals surface area contributed by atoms with Crippen LogP contribution in [0.3, 0.4) is 0 Å². The van der Waals surface area contributed by atoms with E-state index in [9.17, 15) is 22.4 Å². The molecule has 0 spiro atoms. The Morgan fingerprint density at radius 2 is 2.00 bits per heavy atom. The lowest BCUT2D eigenvalue weighted by molar-refractivity contribution is -0.139. The van der Waals surface area contributed by atoms with E-state index in [1.54, 1.807) is 18.8 Å². The second kappa shape index (κ2) is 12.7. The first-order valence-corrected chi connectivity index (χ1v) is 16.5. The van der Waals surface area contributed by atoms with Crippen LogP contribution < -0.4 is 15.4 Å². The molecule has 0 bridgehead atoms. The third kappa shape index (κ3) is 6.29. The van der Waals surface area contributed by atoms with Crippen molar-refractivity contribution in [3.8, 4) is 6.01 Å². The van der Waals surface area contributed by atoms with Gasteiger partial charge in [0.2, 0.25) is 5.82 Å². The number of benzene rings is 1. The third-order valence-electron chi connectivity index (χ3n) is 9.72. The molecule has 1 aromatic carbocycles. The number of hydrogen-bond donors (Lipinski definition) is 1. The van der Waals surface area contributed by atoms with Gasteiger partial charge in [0.05, 0.1) is 47.4 Å². The Labute approximate surface area is 284 Å². The van der Waals surface area contributed by atoms with Gasteiger partial charge in [-0.3, -0.25) is 9.69 Å². The summed E-state index contributed by atoms with van der Waals surface area (Å²) in [6, 6.07) is 2.37. The molecule has 262 valence electrons. The number of nitrogen functional groups attached to an aromatic ring is 1. The maximum absolute atomic E-state index is 14.2. The molecule has 0 radical (unpaired) electrons.